The smallest absolute Gasteiger partial charge is 0.324 e. The van der Waals surface area contributed by atoms with Gasteiger partial charge in [-0.25, -0.2) is 5.43 Å². The minimum atomic E-state index is -1.19. The van der Waals surface area contributed by atoms with E-state index in [0.29, 0.717) is 43.0 Å². The maximum Gasteiger partial charge on any atom is 0.324 e. The fraction of sp³-hybridized carbons (Fsp3) is 0.569. The van der Waals surface area contributed by atoms with E-state index in [9.17, 15) is 19.2 Å². The molecule has 0 radical (unpaired) electrons. The van der Waals surface area contributed by atoms with Gasteiger partial charge in [0.25, 0.3) is 5.91 Å². The Balaban J connectivity index is 1.12. The SMILES string of the molecule is CCn1c(-c2cccnc2C(C)C)c2c3cc(ccc31)-c1cc(cc(OC(=O)C(C)C)c1)C[C@H](NC(=O)[C@H](C1CCCC1)N(C)C(=O)CN(C)C(=O)[C@@H]1N[C@@H]1C1CC1)C(=O)N1CCC[C@H](N1)C(=O)OCC(C)(C)C2. The van der Waals surface area contributed by atoms with Crippen molar-refractivity contribution in [2.75, 3.05) is 33.8 Å². The second kappa shape index (κ2) is 21.6. The normalized spacial score (nSPS) is 22.6. The molecule has 5 atom stereocenters. The topological polar surface area (TPSA) is 194 Å². The number of hydrazine groups is 1. The van der Waals surface area contributed by atoms with Crippen LogP contribution in [-0.2, 0) is 52.9 Å². The van der Waals surface area contributed by atoms with Gasteiger partial charge in [-0.15, -0.1) is 0 Å². The molecule has 3 N–H and O–H groups in total. The van der Waals surface area contributed by atoms with Gasteiger partial charge >= 0.3 is 11.9 Å². The highest BCUT2D eigenvalue weighted by molar-refractivity contribution is 5.97. The Kier molecular flexibility index (Phi) is 15.4. The number of esters is 2. The Morgan fingerprint density at radius 1 is 0.946 bits per heavy atom. The number of pyridine rings is 1. The zero-order valence-electron chi connectivity index (χ0n) is 44.8. The van der Waals surface area contributed by atoms with Gasteiger partial charge < -0.3 is 29.2 Å². The minimum Gasteiger partial charge on any atom is -0.464 e. The number of hydrogen-bond donors (Lipinski definition) is 3. The molecular formula is C58H76N8O8. The van der Waals surface area contributed by atoms with Crippen molar-refractivity contribution < 1.29 is 38.2 Å². The molecule has 2 saturated heterocycles. The number of hydrogen-bond acceptors (Lipinski definition) is 11. The summed E-state index contributed by atoms with van der Waals surface area (Å²) in [6.45, 7) is 15.1. The van der Waals surface area contributed by atoms with E-state index in [1.165, 1.54) is 14.8 Å². The van der Waals surface area contributed by atoms with E-state index < -0.39 is 53.2 Å². The number of aryl methyl sites for hydroxylation is 1. The van der Waals surface area contributed by atoms with Crippen LogP contribution >= 0.6 is 0 Å². The number of amides is 4. The molecule has 3 aliphatic heterocycles. The molecule has 6 bridgehead atoms. The Labute approximate surface area is 435 Å². The summed E-state index contributed by atoms with van der Waals surface area (Å²) in [6.07, 6.45) is 8.75. The van der Waals surface area contributed by atoms with Crippen molar-refractivity contribution in [3.05, 3.63) is 71.5 Å². The van der Waals surface area contributed by atoms with Gasteiger partial charge in [-0.05, 0) is 128 Å². The second-order valence-electron chi connectivity index (χ2n) is 23.1. The van der Waals surface area contributed by atoms with Crippen LogP contribution in [-0.4, -0.2) is 124 Å². The molecular weight excluding hydrogens is 937 g/mol. The van der Waals surface area contributed by atoms with Crippen LogP contribution in [0.3, 0.4) is 0 Å². The summed E-state index contributed by atoms with van der Waals surface area (Å²) in [7, 11) is 3.24. The van der Waals surface area contributed by atoms with E-state index in [2.05, 4.69) is 79.5 Å². The Hall–Kier alpha value is -6.13. The average Bonchev–Trinajstić information content (AvgIpc) is 4.31. The van der Waals surface area contributed by atoms with Gasteiger partial charge in [-0.3, -0.25) is 44.1 Å². The molecule has 74 heavy (non-hydrogen) atoms. The number of aromatic nitrogens is 2. The Bertz CT molecular complexity index is 2810. The van der Waals surface area contributed by atoms with Crippen LogP contribution in [0.5, 0.6) is 5.75 Å². The number of carbonyl (C=O) groups excluding carboxylic acids is 6. The number of rotatable bonds is 13. The fourth-order valence-corrected chi connectivity index (χ4v) is 11.6. The lowest BCUT2D eigenvalue weighted by Gasteiger charge is -2.37. The fourth-order valence-electron chi connectivity index (χ4n) is 11.6. The van der Waals surface area contributed by atoms with E-state index in [0.717, 1.165) is 83.1 Å². The van der Waals surface area contributed by atoms with Crippen molar-refractivity contribution in [2.45, 2.75) is 155 Å². The van der Waals surface area contributed by atoms with Crippen molar-refractivity contribution in [1.82, 2.24) is 40.4 Å². The zero-order chi connectivity index (χ0) is 52.7. The van der Waals surface area contributed by atoms with Crippen LogP contribution in [0.15, 0.2) is 54.7 Å². The Morgan fingerprint density at radius 3 is 2.41 bits per heavy atom. The third-order valence-corrected chi connectivity index (χ3v) is 15.9. The van der Waals surface area contributed by atoms with Gasteiger partial charge in [0.05, 0.1) is 30.5 Å². The molecule has 5 aliphatic rings. The zero-order valence-corrected chi connectivity index (χ0v) is 44.8. The number of likely N-dealkylation sites (N-methyl/N-ethyl adjacent to an activating group) is 2. The Morgan fingerprint density at radius 2 is 1.70 bits per heavy atom. The first kappa shape index (κ1) is 52.7. The summed E-state index contributed by atoms with van der Waals surface area (Å²) in [6, 6.07) is 13.0. The molecule has 5 heterocycles. The summed E-state index contributed by atoms with van der Waals surface area (Å²) in [5.41, 5.74) is 10.1. The molecule has 2 saturated carbocycles. The van der Waals surface area contributed by atoms with Gasteiger partial charge in [-0.2, -0.15) is 0 Å². The number of benzene rings is 2. The molecule has 16 heteroatoms. The third kappa shape index (κ3) is 11.3. The number of nitrogens with one attached hydrogen (secondary N) is 3. The van der Waals surface area contributed by atoms with Crippen LogP contribution in [0.25, 0.3) is 33.3 Å². The number of cyclic esters (lactones) is 1. The molecule has 2 aromatic carbocycles. The number of fused-ring (bicyclic) bond motifs is 6. The van der Waals surface area contributed by atoms with Gasteiger partial charge in [-0.1, -0.05) is 66.5 Å². The van der Waals surface area contributed by atoms with E-state index in [1.807, 2.05) is 24.4 Å². The number of ether oxygens (including phenoxy) is 2. The van der Waals surface area contributed by atoms with E-state index in [1.54, 1.807) is 34.0 Å². The molecule has 396 valence electrons. The van der Waals surface area contributed by atoms with Crippen molar-refractivity contribution in [3.8, 4) is 28.1 Å². The average molecular weight is 1010 g/mol. The van der Waals surface area contributed by atoms with Gasteiger partial charge in [0.2, 0.25) is 17.7 Å². The van der Waals surface area contributed by atoms with Gasteiger partial charge in [0.15, 0.2) is 0 Å². The summed E-state index contributed by atoms with van der Waals surface area (Å²) < 4.78 is 14.6. The van der Waals surface area contributed by atoms with Crippen molar-refractivity contribution >= 4 is 46.5 Å². The predicted molar refractivity (Wildman–Crippen MR) is 282 cm³/mol. The lowest BCUT2D eigenvalue weighted by atomic mass is 9.83. The van der Waals surface area contributed by atoms with Crippen molar-refractivity contribution in [2.24, 2.45) is 23.2 Å². The summed E-state index contributed by atoms with van der Waals surface area (Å²) >= 11 is 0. The van der Waals surface area contributed by atoms with Crippen LogP contribution in [0, 0.1) is 23.2 Å². The molecule has 2 aromatic heterocycles. The first-order chi connectivity index (χ1) is 35.3. The van der Waals surface area contributed by atoms with Gasteiger partial charge in [0, 0.05) is 67.7 Å². The van der Waals surface area contributed by atoms with E-state index >= 15 is 9.59 Å². The highest BCUT2D eigenvalue weighted by atomic mass is 16.5. The summed E-state index contributed by atoms with van der Waals surface area (Å²) in [4.78, 5) is 92.9. The minimum absolute atomic E-state index is 0.0161. The first-order valence-electron chi connectivity index (χ1n) is 27.1. The second-order valence-corrected chi connectivity index (χ2v) is 23.1. The highest BCUT2D eigenvalue weighted by Crippen LogP contribution is 2.43. The maximum atomic E-state index is 15.1. The molecule has 4 amide bonds. The molecule has 2 aliphatic carbocycles. The van der Waals surface area contributed by atoms with E-state index in [-0.39, 0.29) is 61.9 Å². The lowest BCUT2D eigenvalue weighted by molar-refractivity contribution is -0.155. The molecule has 0 unspecified atom stereocenters. The van der Waals surface area contributed by atoms with Crippen LogP contribution < -0.4 is 20.8 Å². The summed E-state index contributed by atoms with van der Waals surface area (Å²) in [5, 5.41) is 8.84. The predicted octanol–water partition coefficient (Wildman–Crippen LogP) is 6.95. The maximum absolute atomic E-state index is 15.1. The largest absolute Gasteiger partial charge is 0.464 e. The standard InChI is InChI=1S/C58H76N8O8/c1-10-65-46-22-21-38-29-42(46)43(52(65)41-17-13-23-59-48(41)33(2)3)30-58(6,7)32-73-57(72)44-18-14-24-66(62-44)54(69)45(27-35-25-39(38)28-40(26-35)74-56(71)34(4)5)60-53(68)51(37-15-11-12-16-37)64(9)47(67)31-63(8)55(70)50-49(61-50)36-19-20-36/h13,17,21-23,25-26,28-29,33-34,36-37,44-45,49-51,61-62H,10-12,14-16,18-20,24,27,30-32H2,1-9H3,(H,60,68)/t44-,45-,49+,50+,51-/m0/s1. The molecule has 0 spiro atoms. The lowest BCUT2D eigenvalue weighted by Crippen LogP contribution is -2.62. The number of nitrogens with zero attached hydrogens (tertiary/aromatic N) is 5. The quantitative estimate of drug-likeness (QED) is 0.0713. The van der Waals surface area contributed by atoms with Gasteiger partial charge in [0.1, 0.15) is 29.9 Å². The molecule has 16 nitrogen and oxygen atoms in total. The monoisotopic (exact) mass is 1010 g/mol. The summed E-state index contributed by atoms with van der Waals surface area (Å²) in [5.74, 6) is -2.00. The van der Waals surface area contributed by atoms with Crippen LogP contribution in [0.2, 0.25) is 0 Å². The molecule has 4 aromatic rings. The third-order valence-electron chi connectivity index (χ3n) is 15.9. The van der Waals surface area contributed by atoms with Crippen LogP contribution in [0.1, 0.15) is 123 Å². The number of carbonyl (C=O) groups is 6. The van der Waals surface area contributed by atoms with E-state index in [4.69, 9.17) is 14.5 Å². The first-order valence-corrected chi connectivity index (χ1v) is 27.1. The molecule has 9 rings (SSSR count). The highest BCUT2D eigenvalue weighted by Gasteiger charge is 2.52. The van der Waals surface area contributed by atoms with Crippen molar-refractivity contribution in [3.63, 3.8) is 0 Å². The van der Waals surface area contributed by atoms with Crippen LogP contribution in [0.4, 0.5) is 0 Å². The van der Waals surface area contributed by atoms with Crippen molar-refractivity contribution in [1.29, 1.82) is 0 Å². The molecule has 4 fully saturated rings.